The first-order valence-corrected chi connectivity index (χ1v) is 11.7. The molecule has 1 aromatic heterocycles. The number of benzene rings is 3. The van der Waals surface area contributed by atoms with Crippen molar-refractivity contribution >= 4 is 28.3 Å². The highest BCUT2D eigenvalue weighted by atomic mass is 19.1. The number of likely N-dealkylation sites (N-methyl/N-ethyl adjacent to an activating group) is 1. The lowest BCUT2D eigenvalue weighted by molar-refractivity contribution is 0.102. The molecule has 5 rings (SSSR count). The predicted octanol–water partition coefficient (Wildman–Crippen LogP) is 4.63. The molecular formula is C27H27F2N5O. The average Bonchev–Trinajstić information content (AvgIpc) is 3.24. The maximum Gasteiger partial charge on any atom is 0.256 e. The fourth-order valence-corrected chi connectivity index (χ4v) is 4.42. The molecule has 0 aliphatic carbocycles. The van der Waals surface area contributed by atoms with Crippen molar-refractivity contribution < 1.29 is 13.6 Å². The van der Waals surface area contributed by atoms with Gasteiger partial charge in [-0.2, -0.15) is 5.10 Å². The number of nitrogens with zero attached hydrogens (tertiary/aromatic N) is 3. The van der Waals surface area contributed by atoms with Crippen LogP contribution in [0.2, 0.25) is 0 Å². The van der Waals surface area contributed by atoms with Crippen molar-refractivity contribution in [2.75, 3.05) is 43.4 Å². The first kappa shape index (κ1) is 23.0. The van der Waals surface area contributed by atoms with E-state index in [-0.39, 0.29) is 5.91 Å². The molecule has 0 saturated carbocycles. The lowest BCUT2D eigenvalue weighted by Gasteiger charge is -2.34. The lowest BCUT2D eigenvalue weighted by Crippen LogP contribution is -2.44. The summed E-state index contributed by atoms with van der Waals surface area (Å²) in [7, 11) is 2.12. The first-order valence-electron chi connectivity index (χ1n) is 11.7. The highest BCUT2D eigenvalue weighted by molar-refractivity contribution is 6.08. The number of hydrogen-bond acceptors (Lipinski definition) is 4. The first-order chi connectivity index (χ1) is 16.9. The van der Waals surface area contributed by atoms with Gasteiger partial charge in [0.25, 0.3) is 5.91 Å². The van der Waals surface area contributed by atoms with E-state index in [1.165, 1.54) is 12.1 Å². The zero-order valence-electron chi connectivity index (χ0n) is 19.5. The van der Waals surface area contributed by atoms with Crippen molar-refractivity contribution in [2.45, 2.75) is 12.8 Å². The standard InChI is InChI=1S/C27H27F2N5O/c1-33-10-12-34(13-11-33)23-7-5-20(6-8-23)27(35)30-26-24-16-18(4-9-25(24)31-32-26)2-3-19-14-21(28)17-22(29)15-19/h4-9,14-17H,2-3,10-13H2,1H3,(H2,30,31,32,35). The van der Waals surface area contributed by atoms with Crippen LogP contribution in [0.4, 0.5) is 20.3 Å². The second-order valence-electron chi connectivity index (χ2n) is 9.02. The Morgan fingerprint density at radius 2 is 1.60 bits per heavy atom. The quantitative estimate of drug-likeness (QED) is 0.427. The summed E-state index contributed by atoms with van der Waals surface area (Å²) in [5.74, 6) is -0.936. The van der Waals surface area contributed by atoms with Gasteiger partial charge in [-0.25, -0.2) is 8.78 Å². The maximum absolute atomic E-state index is 13.5. The fraction of sp³-hybridized carbons (Fsp3) is 0.259. The molecule has 1 fully saturated rings. The van der Waals surface area contributed by atoms with E-state index < -0.39 is 11.6 Å². The molecule has 0 unspecified atom stereocenters. The zero-order chi connectivity index (χ0) is 24.4. The largest absolute Gasteiger partial charge is 0.369 e. The molecule has 6 nitrogen and oxygen atoms in total. The van der Waals surface area contributed by atoms with Gasteiger partial charge in [0, 0.05) is 48.9 Å². The number of nitrogens with one attached hydrogen (secondary N) is 2. The molecule has 1 saturated heterocycles. The van der Waals surface area contributed by atoms with Crippen LogP contribution in [-0.4, -0.2) is 54.2 Å². The van der Waals surface area contributed by atoms with Gasteiger partial charge in [0.05, 0.1) is 5.52 Å². The Balaban J connectivity index is 1.27. The molecule has 1 amide bonds. The summed E-state index contributed by atoms with van der Waals surface area (Å²) in [6.07, 6.45) is 1.10. The Morgan fingerprint density at radius 1 is 0.914 bits per heavy atom. The number of rotatable bonds is 6. The highest BCUT2D eigenvalue weighted by Crippen LogP contribution is 2.24. The minimum atomic E-state index is -0.577. The fourth-order valence-electron chi connectivity index (χ4n) is 4.42. The summed E-state index contributed by atoms with van der Waals surface area (Å²) < 4.78 is 26.9. The minimum absolute atomic E-state index is 0.232. The van der Waals surface area contributed by atoms with Crippen LogP contribution in [0, 0.1) is 11.6 Å². The molecule has 0 atom stereocenters. The van der Waals surface area contributed by atoms with Crippen LogP contribution >= 0.6 is 0 Å². The second-order valence-corrected chi connectivity index (χ2v) is 9.02. The van der Waals surface area contributed by atoms with Crippen LogP contribution in [-0.2, 0) is 12.8 Å². The van der Waals surface area contributed by atoms with Crippen LogP contribution in [0.15, 0.2) is 60.7 Å². The van der Waals surface area contributed by atoms with Gasteiger partial charge < -0.3 is 15.1 Å². The molecule has 1 aliphatic rings. The number of carbonyl (C=O) groups is 1. The topological polar surface area (TPSA) is 64.3 Å². The van der Waals surface area contributed by atoms with Gasteiger partial charge in [-0.3, -0.25) is 9.89 Å². The maximum atomic E-state index is 13.5. The van der Waals surface area contributed by atoms with Crippen LogP contribution < -0.4 is 10.2 Å². The molecule has 180 valence electrons. The molecule has 1 aliphatic heterocycles. The summed E-state index contributed by atoms with van der Waals surface area (Å²) >= 11 is 0. The molecule has 35 heavy (non-hydrogen) atoms. The van der Waals surface area contributed by atoms with Crippen molar-refractivity contribution in [3.05, 3.63) is 89.0 Å². The lowest BCUT2D eigenvalue weighted by atomic mass is 10.0. The number of halogens is 2. The number of aromatic nitrogens is 2. The number of piperazine rings is 1. The Kier molecular flexibility index (Phi) is 6.46. The van der Waals surface area contributed by atoms with Gasteiger partial charge in [0.2, 0.25) is 0 Å². The number of H-pyrrole nitrogens is 1. The monoisotopic (exact) mass is 475 g/mol. The molecule has 0 radical (unpaired) electrons. The van der Waals surface area contributed by atoms with E-state index in [1.807, 2.05) is 42.5 Å². The number of aryl methyl sites for hydroxylation is 2. The molecule has 0 bridgehead atoms. The third-order valence-corrected chi connectivity index (χ3v) is 6.48. The van der Waals surface area contributed by atoms with Crippen molar-refractivity contribution in [1.29, 1.82) is 0 Å². The van der Waals surface area contributed by atoms with E-state index in [1.54, 1.807) is 0 Å². The molecule has 3 aromatic carbocycles. The van der Waals surface area contributed by atoms with Crippen LogP contribution in [0.1, 0.15) is 21.5 Å². The average molecular weight is 476 g/mol. The SMILES string of the molecule is CN1CCN(c2ccc(C(=O)Nc3n[nH]c4ccc(CCc5cc(F)cc(F)c5)cc34)cc2)CC1. The molecule has 8 heteroatoms. The summed E-state index contributed by atoms with van der Waals surface area (Å²) in [6.45, 7) is 3.99. The van der Waals surface area contributed by atoms with Crippen LogP contribution in [0.3, 0.4) is 0 Å². The predicted molar refractivity (Wildman–Crippen MR) is 134 cm³/mol. The Bertz CT molecular complexity index is 1320. The van der Waals surface area contributed by atoms with Crippen LogP contribution in [0.5, 0.6) is 0 Å². The Hall–Kier alpha value is -3.78. The molecular weight excluding hydrogens is 448 g/mol. The van der Waals surface area contributed by atoms with Crippen molar-refractivity contribution in [2.24, 2.45) is 0 Å². The normalized spacial score (nSPS) is 14.4. The van der Waals surface area contributed by atoms with E-state index in [0.29, 0.717) is 29.8 Å². The summed E-state index contributed by atoms with van der Waals surface area (Å²) in [6, 6.07) is 17.0. The van der Waals surface area contributed by atoms with Crippen molar-refractivity contribution in [3.63, 3.8) is 0 Å². The minimum Gasteiger partial charge on any atom is -0.369 e. The number of amides is 1. The van der Waals surface area contributed by atoms with E-state index >= 15 is 0 Å². The van der Waals surface area contributed by atoms with E-state index in [9.17, 15) is 13.6 Å². The van der Waals surface area contributed by atoms with E-state index in [2.05, 4.69) is 32.4 Å². The number of anilines is 2. The number of hydrogen-bond donors (Lipinski definition) is 2. The van der Waals surface area contributed by atoms with Crippen molar-refractivity contribution in [3.8, 4) is 0 Å². The van der Waals surface area contributed by atoms with Gasteiger partial charge in [0.1, 0.15) is 11.6 Å². The van der Waals surface area contributed by atoms with E-state index in [0.717, 1.165) is 54.4 Å². The third kappa shape index (κ3) is 5.33. The zero-order valence-corrected chi connectivity index (χ0v) is 19.5. The molecule has 2 N–H and O–H groups in total. The van der Waals surface area contributed by atoms with Gasteiger partial charge in [-0.05, 0) is 79.5 Å². The van der Waals surface area contributed by atoms with Gasteiger partial charge >= 0.3 is 0 Å². The Labute approximate surface area is 202 Å². The molecule has 0 spiro atoms. The second kappa shape index (κ2) is 9.84. The van der Waals surface area contributed by atoms with Gasteiger partial charge in [-0.15, -0.1) is 0 Å². The number of aromatic amines is 1. The summed E-state index contributed by atoms with van der Waals surface area (Å²) in [5.41, 5.74) is 4.05. The van der Waals surface area contributed by atoms with E-state index in [4.69, 9.17) is 0 Å². The summed E-state index contributed by atoms with van der Waals surface area (Å²) in [4.78, 5) is 17.5. The summed E-state index contributed by atoms with van der Waals surface area (Å²) in [5, 5.41) is 10.9. The molecule has 2 heterocycles. The van der Waals surface area contributed by atoms with Crippen molar-refractivity contribution in [1.82, 2.24) is 15.1 Å². The Morgan fingerprint density at radius 3 is 2.31 bits per heavy atom. The highest BCUT2D eigenvalue weighted by Gasteiger charge is 2.16. The van der Waals surface area contributed by atoms with Crippen LogP contribution in [0.25, 0.3) is 10.9 Å². The third-order valence-electron chi connectivity index (χ3n) is 6.48. The van der Waals surface area contributed by atoms with Gasteiger partial charge in [0.15, 0.2) is 5.82 Å². The number of carbonyl (C=O) groups excluding carboxylic acids is 1. The smallest absolute Gasteiger partial charge is 0.256 e. The number of fused-ring (bicyclic) bond motifs is 1. The van der Waals surface area contributed by atoms with Gasteiger partial charge in [-0.1, -0.05) is 6.07 Å². The molecule has 4 aromatic rings.